The SMILES string of the molecule is CCCOc1cc2c(cc1\C(C)=C(F)/C=C/C(C)=C/C(=O)OCC)C(c1ccccc1)=CC(C)(C)O2. The van der Waals surface area contributed by atoms with Crippen LogP contribution in [-0.2, 0) is 9.53 Å². The third-order valence-corrected chi connectivity index (χ3v) is 5.67. The number of allylic oxidation sites excluding steroid dienone is 5. The third-order valence-electron chi connectivity index (χ3n) is 5.67. The van der Waals surface area contributed by atoms with Crippen molar-refractivity contribution in [3.8, 4) is 11.5 Å². The number of hydrogen-bond acceptors (Lipinski definition) is 4. The Morgan fingerprint density at radius 3 is 2.47 bits per heavy atom. The van der Waals surface area contributed by atoms with Gasteiger partial charge in [0.25, 0.3) is 0 Å². The van der Waals surface area contributed by atoms with Crippen LogP contribution in [0.25, 0.3) is 11.1 Å². The van der Waals surface area contributed by atoms with Crippen molar-refractivity contribution >= 4 is 17.1 Å². The molecule has 0 amide bonds. The van der Waals surface area contributed by atoms with Crippen molar-refractivity contribution < 1.29 is 23.4 Å². The zero-order valence-corrected chi connectivity index (χ0v) is 22.0. The average Bonchev–Trinajstić information content (AvgIpc) is 2.84. The minimum atomic E-state index is -0.511. The molecular weight excluding hydrogens is 455 g/mol. The fraction of sp³-hybridized carbons (Fsp3) is 0.323. The standard InChI is InChI=1S/C31H35FO4/c1-7-16-35-28-19-29-25(26(20-31(5,6)36-29)23-12-10-9-11-13-23)18-24(28)22(4)27(32)15-14-21(3)17-30(33)34-8-2/h9-15,17-20H,7-8,16H2,1-6H3/b15-14+,21-17+,27-22+. The van der Waals surface area contributed by atoms with Crippen molar-refractivity contribution in [2.75, 3.05) is 13.2 Å². The molecule has 2 aromatic carbocycles. The van der Waals surface area contributed by atoms with Crippen molar-refractivity contribution in [2.45, 2.75) is 53.6 Å². The molecule has 1 aliphatic rings. The molecule has 0 N–H and O–H groups in total. The summed E-state index contributed by atoms with van der Waals surface area (Å²) in [4.78, 5) is 11.7. The number of carbonyl (C=O) groups excluding carboxylic acids is 1. The van der Waals surface area contributed by atoms with Crippen LogP contribution in [0.15, 0.2) is 78.2 Å². The minimum absolute atomic E-state index is 0.291. The van der Waals surface area contributed by atoms with Gasteiger partial charge in [-0.25, -0.2) is 9.18 Å². The lowest BCUT2D eigenvalue weighted by Gasteiger charge is -2.32. The Morgan fingerprint density at radius 1 is 1.08 bits per heavy atom. The normalized spacial score (nSPS) is 15.5. The summed E-state index contributed by atoms with van der Waals surface area (Å²) in [6.07, 6.45) is 7.17. The summed E-state index contributed by atoms with van der Waals surface area (Å²) in [5, 5.41) is 0. The molecule has 1 heterocycles. The Kier molecular flexibility index (Phi) is 8.92. The highest BCUT2D eigenvalue weighted by Crippen LogP contribution is 2.44. The number of carbonyl (C=O) groups is 1. The first kappa shape index (κ1) is 27.0. The molecule has 36 heavy (non-hydrogen) atoms. The summed E-state index contributed by atoms with van der Waals surface area (Å²) >= 11 is 0. The van der Waals surface area contributed by atoms with Crippen molar-refractivity contribution in [1.82, 2.24) is 0 Å². The minimum Gasteiger partial charge on any atom is -0.493 e. The Hall–Kier alpha value is -3.60. The lowest BCUT2D eigenvalue weighted by molar-refractivity contribution is -0.137. The largest absolute Gasteiger partial charge is 0.493 e. The van der Waals surface area contributed by atoms with Crippen molar-refractivity contribution in [3.63, 3.8) is 0 Å². The van der Waals surface area contributed by atoms with Crippen LogP contribution in [0.1, 0.15) is 64.7 Å². The lowest BCUT2D eigenvalue weighted by atomic mass is 9.88. The van der Waals surface area contributed by atoms with Crippen LogP contribution < -0.4 is 9.47 Å². The van der Waals surface area contributed by atoms with E-state index in [1.54, 1.807) is 26.8 Å². The zero-order chi connectivity index (χ0) is 26.3. The maximum Gasteiger partial charge on any atom is 0.330 e. The Balaban J connectivity index is 2.10. The van der Waals surface area contributed by atoms with E-state index in [-0.39, 0.29) is 0 Å². The molecule has 0 aromatic heterocycles. The molecule has 0 saturated heterocycles. The van der Waals surface area contributed by atoms with Crippen LogP contribution in [-0.4, -0.2) is 24.8 Å². The highest BCUT2D eigenvalue weighted by Gasteiger charge is 2.29. The molecule has 1 aliphatic heterocycles. The van der Waals surface area contributed by atoms with E-state index in [1.165, 1.54) is 12.2 Å². The molecule has 5 heteroatoms. The first-order chi connectivity index (χ1) is 17.1. The van der Waals surface area contributed by atoms with Crippen molar-refractivity contribution in [3.05, 3.63) is 94.9 Å². The molecule has 0 bridgehead atoms. The van der Waals surface area contributed by atoms with Gasteiger partial charge < -0.3 is 14.2 Å². The second kappa shape index (κ2) is 11.9. The van der Waals surface area contributed by atoms with Crippen LogP contribution in [0, 0.1) is 0 Å². The van der Waals surface area contributed by atoms with Gasteiger partial charge in [0, 0.05) is 23.3 Å². The fourth-order valence-electron chi connectivity index (χ4n) is 3.95. The molecule has 2 aromatic rings. The number of ether oxygens (including phenoxy) is 3. The van der Waals surface area contributed by atoms with E-state index in [0.29, 0.717) is 41.4 Å². The van der Waals surface area contributed by atoms with E-state index < -0.39 is 17.4 Å². The third kappa shape index (κ3) is 6.75. The smallest absolute Gasteiger partial charge is 0.330 e. The van der Waals surface area contributed by atoms with Gasteiger partial charge in [-0.2, -0.15) is 0 Å². The predicted octanol–water partition coefficient (Wildman–Crippen LogP) is 7.84. The van der Waals surface area contributed by atoms with Crippen molar-refractivity contribution in [2.24, 2.45) is 0 Å². The first-order valence-electron chi connectivity index (χ1n) is 12.3. The van der Waals surface area contributed by atoms with E-state index >= 15 is 4.39 Å². The lowest BCUT2D eigenvalue weighted by Crippen LogP contribution is -2.29. The molecule has 0 saturated carbocycles. The van der Waals surface area contributed by atoms with Crippen LogP contribution >= 0.6 is 0 Å². The summed E-state index contributed by atoms with van der Waals surface area (Å²) in [5.41, 5.74) is 4.14. The summed E-state index contributed by atoms with van der Waals surface area (Å²) in [6.45, 7) is 12.0. The van der Waals surface area contributed by atoms with Crippen LogP contribution in [0.3, 0.4) is 0 Å². The molecule has 0 atom stereocenters. The fourth-order valence-corrected chi connectivity index (χ4v) is 3.95. The highest BCUT2D eigenvalue weighted by molar-refractivity contribution is 5.88. The maximum absolute atomic E-state index is 15.4. The van der Waals surface area contributed by atoms with Gasteiger partial charge in [-0.05, 0) is 81.5 Å². The van der Waals surface area contributed by atoms with E-state index in [1.807, 2.05) is 51.1 Å². The summed E-state index contributed by atoms with van der Waals surface area (Å²) in [6, 6.07) is 13.9. The molecule has 0 fully saturated rings. The Bertz CT molecular complexity index is 1220. The molecule has 0 aliphatic carbocycles. The maximum atomic E-state index is 15.4. The number of esters is 1. The molecular formula is C31H35FO4. The molecule has 0 radical (unpaired) electrons. The number of hydrogen-bond donors (Lipinski definition) is 0. The molecule has 4 nitrogen and oxygen atoms in total. The molecule has 0 unspecified atom stereocenters. The molecule has 3 rings (SSSR count). The van der Waals surface area contributed by atoms with E-state index in [4.69, 9.17) is 14.2 Å². The number of fused-ring (bicyclic) bond motifs is 1. The monoisotopic (exact) mass is 490 g/mol. The van der Waals surface area contributed by atoms with Gasteiger partial charge in [-0.1, -0.05) is 43.3 Å². The van der Waals surface area contributed by atoms with Gasteiger partial charge >= 0.3 is 5.97 Å². The van der Waals surface area contributed by atoms with Gasteiger partial charge in [0.05, 0.1) is 13.2 Å². The quantitative estimate of drug-likeness (QED) is 0.204. The van der Waals surface area contributed by atoms with E-state index in [9.17, 15) is 4.79 Å². The van der Waals surface area contributed by atoms with Gasteiger partial charge in [0.1, 0.15) is 22.9 Å². The summed E-state index contributed by atoms with van der Waals surface area (Å²) < 4.78 is 32.6. The number of rotatable bonds is 9. The zero-order valence-electron chi connectivity index (χ0n) is 22.0. The summed E-state index contributed by atoms with van der Waals surface area (Å²) in [5.74, 6) is 0.401. The Labute approximate surface area is 213 Å². The van der Waals surface area contributed by atoms with Crippen LogP contribution in [0.2, 0.25) is 0 Å². The van der Waals surface area contributed by atoms with Gasteiger partial charge in [-0.15, -0.1) is 0 Å². The first-order valence-corrected chi connectivity index (χ1v) is 12.3. The van der Waals surface area contributed by atoms with Gasteiger partial charge in [0.2, 0.25) is 0 Å². The van der Waals surface area contributed by atoms with Crippen LogP contribution in [0.4, 0.5) is 4.39 Å². The topological polar surface area (TPSA) is 44.8 Å². The van der Waals surface area contributed by atoms with E-state index in [0.717, 1.165) is 23.1 Å². The average molecular weight is 491 g/mol. The number of halogens is 1. The second-order valence-corrected chi connectivity index (χ2v) is 9.27. The summed E-state index contributed by atoms with van der Waals surface area (Å²) in [7, 11) is 0. The number of benzene rings is 2. The van der Waals surface area contributed by atoms with E-state index in [2.05, 4.69) is 18.2 Å². The highest BCUT2D eigenvalue weighted by atomic mass is 19.1. The van der Waals surface area contributed by atoms with Crippen molar-refractivity contribution in [1.29, 1.82) is 0 Å². The second-order valence-electron chi connectivity index (χ2n) is 9.27. The molecule has 190 valence electrons. The van der Waals surface area contributed by atoms with Gasteiger partial charge in [0.15, 0.2) is 0 Å². The Morgan fingerprint density at radius 2 is 1.81 bits per heavy atom. The molecule has 0 spiro atoms. The van der Waals surface area contributed by atoms with Gasteiger partial charge in [-0.3, -0.25) is 0 Å². The predicted molar refractivity (Wildman–Crippen MR) is 144 cm³/mol. The van der Waals surface area contributed by atoms with Crippen LogP contribution in [0.5, 0.6) is 11.5 Å².